The van der Waals surface area contributed by atoms with Crippen LogP contribution in [0.25, 0.3) is 0 Å². The van der Waals surface area contributed by atoms with Crippen LogP contribution in [-0.2, 0) is 6.54 Å². The van der Waals surface area contributed by atoms with E-state index in [1.54, 1.807) is 7.11 Å². The van der Waals surface area contributed by atoms with E-state index in [1.807, 2.05) is 48.5 Å². The zero-order valence-corrected chi connectivity index (χ0v) is 15.5. The highest BCUT2D eigenvalue weighted by Crippen LogP contribution is 2.24. The van der Waals surface area contributed by atoms with Gasteiger partial charge in [0.15, 0.2) is 5.11 Å². The molecule has 0 aliphatic carbocycles. The van der Waals surface area contributed by atoms with Crippen LogP contribution in [0.5, 0.6) is 5.75 Å². The monoisotopic (exact) mass is 362 g/mol. The van der Waals surface area contributed by atoms with E-state index in [1.165, 1.54) is 5.56 Å². The lowest BCUT2D eigenvalue weighted by Gasteiger charge is -2.22. The Hall–Kier alpha value is -2.85. The minimum absolute atomic E-state index is 0.0297. The first-order valence-electron chi connectivity index (χ1n) is 8.53. The van der Waals surface area contributed by atoms with Gasteiger partial charge in [-0.05, 0) is 41.0 Å². The van der Waals surface area contributed by atoms with E-state index in [9.17, 15) is 0 Å². The predicted molar refractivity (Wildman–Crippen MR) is 110 cm³/mol. The van der Waals surface area contributed by atoms with Crippen molar-refractivity contribution < 1.29 is 4.74 Å². The maximum absolute atomic E-state index is 5.53. The fourth-order valence-corrected chi connectivity index (χ4v) is 2.95. The lowest BCUT2D eigenvalue weighted by Crippen LogP contribution is -2.37. The number of benzene rings is 3. The second-order valence-electron chi connectivity index (χ2n) is 5.93. The first-order valence-corrected chi connectivity index (χ1v) is 8.94. The van der Waals surface area contributed by atoms with Crippen LogP contribution < -0.4 is 15.4 Å². The van der Waals surface area contributed by atoms with E-state index < -0.39 is 0 Å². The summed E-state index contributed by atoms with van der Waals surface area (Å²) in [6.45, 7) is 0.691. The van der Waals surface area contributed by atoms with Crippen molar-refractivity contribution in [2.75, 3.05) is 7.11 Å². The molecular formula is C22H22N2OS. The third kappa shape index (κ3) is 4.83. The molecule has 0 fully saturated rings. The molecule has 0 radical (unpaired) electrons. The molecule has 3 nitrogen and oxygen atoms in total. The van der Waals surface area contributed by atoms with Crippen LogP contribution in [0.15, 0.2) is 84.9 Å². The van der Waals surface area contributed by atoms with Crippen molar-refractivity contribution in [1.82, 2.24) is 10.6 Å². The zero-order chi connectivity index (χ0) is 18.2. The minimum atomic E-state index is -0.0297. The molecule has 132 valence electrons. The van der Waals surface area contributed by atoms with Crippen LogP contribution in [0.3, 0.4) is 0 Å². The van der Waals surface area contributed by atoms with Crippen molar-refractivity contribution in [2.45, 2.75) is 12.6 Å². The molecule has 0 aromatic heterocycles. The number of ether oxygens (including phenoxy) is 1. The molecule has 0 aliphatic rings. The summed E-state index contributed by atoms with van der Waals surface area (Å²) in [6.07, 6.45) is 0. The van der Waals surface area contributed by atoms with Crippen LogP contribution in [0.2, 0.25) is 0 Å². The molecule has 0 amide bonds. The van der Waals surface area contributed by atoms with Crippen LogP contribution in [-0.4, -0.2) is 12.2 Å². The van der Waals surface area contributed by atoms with Crippen LogP contribution in [0, 0.1) is 0 Å². The molecule has 3 aromatic rings. The Bertz CT molecular complexity index is 820. The quantitative estimate of drug-likeness (QED) is 0.635. The molecule has 0 heterocycles. The zero-order valence-electron chi connectivity index (χ0n) is 14.7. The van der Waals surface area contributed by atoms with Gasteiger partial charge in [-0.2, -0.15) is 0 Å². The highest BCUT2D eigenvalue weighted by Gasteiger charge is 2.15. The van der Waals surface area contributed by atoms with E-state index in [4.69, 9.17) is 17.0 Å². The summed E-state index contributed by atoms with van der Waals surface area (Å²) >= 11 is 5.53. The molecular weight excluding hydrogens is 340 g/mol. The normalized spacial score (nSPS) is 11.4. The molecule has 2 N–H and O–H groups in total. The van der Waals surface area contributed by atoms with Crippen molar-refractivity contribution in [2.24, 2.45) is 0 Å². The molecule has 0 saturated heterocycles. The Morgan fingerprint density at radius 2 is 1.42 bits per heavy atom. The lowest BCUT2D eigenvalue weighted by atomic mass is 9.99. The lowest BCUT2D eigenvalue weighted by molar-refractivity contribution is 0.414. The number of hydrogen-bond donors (Lipinski definition) is 2. The SMILES string of the molecule is COc1ccc([C@H](NC(=S)NCc2ccccc2)c2ccccc2)cc1. The van der Waals surface area contributed by atoms with Crippen molar-refractivity contribution in [3.63, 3.8) is 0 Å². The molecule has 0 aliphatic heterocycles. The number of methoxy groups -OCH3 is 1. The fraction of sp³-hybridized carbons (Fsp3) is 0.136. The maximum Gasteiger partial charge on any atom is 0.167 e. The van der Waals surface area contributed by atoms with Gasteiger partial charge in [0.05, 0.1) is 13.2 Å². The average Bonchev–Trinajstić information content (AvgIpc) is 2.72. The van der Waals surface area contributed by atoms with Crippen molar-refractivity contribution >= 4 is 17.3 Å². The molecule has 0 unspecified atom stereocenters. The van der Waals surface area contributed by atoms with Gasteiger partial charge in [-0.3, -0.25) is 0 Å². The smallest absolute Gasteiger partial charge is 0.167 e. The standard InChI is InChI=1S/C22H22N2OS/c1-25-20-14-12-19(13-15-20)21(18-10-6-3-7-11-18)24-22(26)23-16-17-8-4-2-5-9-17/h2-15,21H,16H2,1H3,(H2,23,24,26)/t21-/m1/s1. The first kappa shape index (κ1) is 18.0. The van der Waals surface area contributed by atoms with Crippen molar-refractivity contribution in [3.8, 4) is 5.75 Å². The Kier molecular flexibility index (Phi) is 6.23. The number of nitrogens with one attached hydrogen (secondary N) is 2. The first-order chi connectivity index (χ1) is 12.8. The van der Waals surface area contributed by atoms with E-state index >= 15 is 0 Å². The van der Waals surface area contributed by atoms with Gasteiger partial charge < -0.3 is 15.4 Å². The van der Waals surface area contributed by atoms with E-state index in [0.717, 1.165) is 16.9 Å². The van der Waals surface area contributed by atoms with Gasteiger partial charge in [0.25, 0.3) is 0 Å². The number of thiocarbonyl (C=S) groups is 1. The molecule has 0 saturated carbocycles. The van der Waals surface area contributed by atoms with Crippen LogP contribution in [0.1, 0.15) is 22.7 Å². The topological polar surface area (TPSA) is 33.3 Å². The summed E-state index contributed by atoms with van der Waals surface area (Å²) in [4.78, 5) is 0. The number of rotatable bonds is 6. The van der Waals surface area contributed by atoms with Gasteiger partial charge in [-0.25, -0.2) is 0 Å². The number of hydrogen-bond acceptors (Lipinski definition) is 2. The van der Waals surface area contributed by atoms with Crippen LogP contribution in [0.4, 0.5) is 0 Å². The predicted octanol–water partition coefficient (Wildman–Crippen LogP) is 4.45. The average molecular weight is 362 g/mol. The summed E-state index contributed by atoms with van der Waals surface area (Å²) in [5.41, 5.74) is 3.47. The minimum Gasteiger partial charge on any atom is -0.497 e. The summed E-state index contributed by atoms with van der Waals surface area (Å²) in [5, 5.41) is 7.35. The second-order valence-corrected chi connectivity index (χ2v) is 6.34. The highest BCUT2D eigenvalue weighted by atomic mass is 32.1. The van der Waals surface area contributed by atoms with Crippen molar-refractivity contribution in [3.05, 3.63) is 102 Å². The Labute approximate surface area is 160 Å². The van der Waals surface area contributed by atoms with Crippen molar-refractivity contribution in [1.29, 1.82) is 0 Å². The van der Waals surface area contributed by atoms with Gasteiger partial charge in [0.2, 0.25) is 0 Å². The highest BCUT2D eigenvalue weighted by molar-refractivity contribution is 7.80. The summed E-state index contributed by atoms with van der Waals surface area (Å²) < 4.78 is 5.26. The molecule has 3 rings (SSSR count). The molecule has 0 spiro atoms. The molecule has 0 bridgehead atoms. The Balaban J connectivity index is 1.74. The largest absolute Gasteiger partial charge is 0.497 e. The maximum atomic E-state index is 5.53. The Morgan fingerprint density at radius 3 is 2.04 bits per heavy atom. The van der Waals surface area contributed by atoms with Crippen LogP contribution >= 0.6 is 12.2 Å². The second kappa shape index (κ2) is 9.02. The molecule has 1 atom stereocenters. The molecule has 3 aromatic carbocycles. The molecule has 26 heavy (non-hydrogen) atoms. The third-order valence-electron chi connectivity index (χ3n) is 4.15. The summed E-state index contributed by atoms with van der Waals surface area (Å²) in [5.74, 6) is 0.838. The van der Waals surface area contributed by atoms with Gasteiger partial charge >= 0.3 is 0 Å². The van der Waals surface area contributed by atoms with E-state index in [-0.39, 0.29) is 6.04 Å². The fourth-order valence-electron chi connectivity index (χ4n) is 2.76. The Morgan fingerprint density at radius 1 is 0.846 bits per heavy atom. The van der Waals surface area contributed by atoms with Gasteiger partial charge in [-0.15, -0.1) is 0 Å². The third-order valence-corrected chi connectivity index (χ3v) is 4.42. The summed E-state index contributed by atoms with van der Waals surface area (Å²) in [7, 11) is 1.67. The molecule has 4 heteroatoms. The van der Waals surface area contributed by atoms with Gasteiger partial charge in [-0.1, -0.05) is 72.8 Å². The van der Waals surface area contributed by atoms with E-state index in [2.05, 4.69) is 47.0 Å². The van der Waals surface area contributed by atoms with E-state index in [0.29, 0.717) is 11.7 Å². The van der Waals surface area contributed by atoms with Gasteiger partial charge in [0.1, 0.15) is 5.75 Å². The summed E-state index contributed by atoms with van der Waals surface area (Å²) in [6, 6.07) is 28.5. The van der Waals surface area contributed by atoms with Gasteiger partial charge in [0, 0.05) is 6.54 Å².